The standard InChI is InChI=1S/C17H16FN5/c1-12-5-4-7-14(9-12)21-17-22-16(11-20-23-17)19-10-13-6-2-3-8-15(13)18/h2-9,11H,10H2,1H3,(H2,19,21,22,23). The highest BCUT2D eigenvalue weighted by molar-refractivity contribution is 5.55. The fourth-order valence-corrected chi connectivity index (χ4v) is 2.12. The second-order valence-electron chi connectivity index (χ2n) is 5.10. The Labute approximate surface area is 133 Å². The van der Waals surface area contributed by atoms with Gasteiger partial charge in [0.15, 0.2) is 5.82 Å². The van der Waals surface area contributed by atoms with E-state index < -0.39 is 0 Å². The lowest BCUT2D eigenvalue weighted by Gasteiger charge is -2.08. The predicted molar refractivity (Wildman–Crippen MR) is 88.0 cm³/mol. The largest absolute Gasteiger partial charge is 0.364 e. The van der Waals surface area contributed by atoms with E-state index >= 15 is 0 Å². The molecule has 6 heteroatoms. The van der Waals surface area contributed by atoms with Crippen molar-refractivity contribution >= 4 is 17.5 Å². The highest BCUT2D eigenvalue weighted by Gasteiger charge is 2.04. The Morgan fingerprint density at radius 2 is 1.96 bits per heavy atom. The van der Waals surface area contributed by atoms with Gasteiger partial charge >= 0.3 is 0 Å². The van der Waals surface area contributed by atoms with Crippen molar-refractivity contribution in [3.05, 3.63) is 71.7 Å². The van der Waals surface area contributed by atoms with Gasteiger partial charge in [0.2, 0.25) is 5.95 Å². The van der Waals surface area contributed by atoms with Gasteiger partial charge in [-0.05, 0) is 30.7 Å². The van der Waals surface area contributed by atoms with Gasteiger partial charge in [-0.15, -0.1) is 5.10 Å². The monoisotopic (exact) mass is 309 g/mol. The van der Waals surface area contributed by atoms with Crippen LogP contribution in [0.25, 0.3) is 0 Å². The van der Waals surface area contributed by atoms with E-state index in [4.69, 9.17) is 0 Å². The zero-order valence-electron chi connectivity index (χ0n) is 12.6. The molecule has 0 bridgehead atoms. The maximum Gasteiger partial charge on any atom is 0.249 e. The molecule has 1 heterocycles. The third kappa shape index (κ3) is 4.00. The second kappa shape index (κ2) is 6.83. The molecule has 0 unspecified atom stereocenters. The summed E-state index contributed by atoms with van der Waals surface area (Å²) in [6, 6.07) is 14.5. The first-order chi connectivity index (χ1) is 11.2. The third-order valence-corrected chi connectivity index (χ3v) is 3.25. The molecule has 3 aromatic rings. The number of aromatic nitrogens is 3. The summed E-state index contributed by atoms with van der Waals surface area (Å²) in [6.45, 7) is 2.34. The smallest absolute Gasteiger partial charge is 0.249 e. The van der Waals surface area contributed by atoms with Crippen LogP contribution in [0.2, 0.25) is 0 Å². The number of nitrogens with one attached hydrogen (secondary N) is 2. The number of hydrogen-bond acceptors (Lipinski definition) is 5. The number of rotatable bonds is 5. The number of aryl methyl sites for hydroxylation is 1. The molecule has 0 amide bonds. The van der Waals surface area contributed by atoms with Crippen molar-refractivity contribution < 1.29 is 4.39 Å². The zero-order valence-corrected chi connectivity index (χ0v) is 12.6. The molecule has 0 atom stereocenters. The quantitative estimate of drug-likeness (QED) is 0.753. The lowest BCUT2D eigenvalue weighted by Crippen LogP contribution is -2.06. The van der Waals surface area contributed by atoms with E-state index in [2.05, 4.69) is 25.8 Å². The van der Waals surface area contributed by atoms with Crippen LogP contribution >= 0.6 is 0 Å². The molecule has 23 heavy (non-hydrogen) atoms. The molecular formula is C17H16FN5. The first kappa shape index (κ1) is 14.9. The Balaban J connectivity index is 1.69. The summed E-state index contributed by atoms with van der Waals surface area (Å²) in [5.41, 5.74) is 2.59. The molecule has 0 aliphatic carbocycles. The molecule has 0 spiro atoms. The van der Waals surface area contributed by atoms with Crippen LogP contribution < -0.4 is 10.6 Å². The van der Waals surface area contributed by atoms with Gasteiger partial charge in [0.05, 0.1) is 6.20 Å². The molecule has 2 N–H and O–H groups in total. The Bertz CT molecular complexity index is 806. The Hall–Kier alpha value is -3.02. The van der Waals surface area contributed by atoms with E-state index in [1.807, 2.05) is 31.2 Å². The number of hydrogen-bond donors (Lipinski definition) is 2. The van der Waals surface area contributed by atoms with Crippen molar-refractivity contribution in [2.75, 3.05) is 10.6 Å². The van der Waals surface area contributed by atoms with Crippen LogP contribution in [-0.4, -0.2) is 15.2 Å². The van der Waals surface area contributed by atoms with Crippen molar-refractivity contribution in [3.63, 3.8) is 0 Å². The Morgan fingerprint density at radius 1 is 1.09 bits per heavy atom. The van der Waals surface area contributed by atoms with Gasteiger partial charge in [-0.25, -0.2) is 4.39 Å². The summed E-state index contributed by atoms with van der Waals surface area (Å²) < 4.78 is 13.6. The first-order valence-corrected chi connectivity index (χ1v) is 7.21. The lowest BCUT2D eigenvalue weighted by atomic mass is 10.2. The first-order valence-electron chi connectivity index (χ1n) is 7.21. The van der Waals surface area contributed by atoms with Crippen LogP contribution in [0.5, 0.6) is 0 Å². The lowest BCUT2D eigenvalue weighted by molar-refractivity contribution is 0.613. The fourth-order valence-electron chi connectivity index (χ4n) is 2.12. The van der Waals surface area contributed by atoms with Crippen molar-refractivity contribution in [1.29, 1.82) is 0 Å². The highest BCUT2D eigenvalue weighted by atomic mass is 19.1. The van der Waals surface area contributed by atoms with Gasteiger partial charge < -0.3 is 10.6 Å². The maximum absolute atomic E-state index is 13.6. The summed E-state index contributed by atoms with van der Waals surface area (Å²) in [7, 11) is 0. The molecule has 0 radical (unpaired) electrons. The minimum atomic E-state index is -0.250. The number of nitrogens with zero attached hydrogens (tertiary/aromatic N) is 3. The Kier molecular flexibility index (Phi) is 4.42. The Morgan fingerprint density at radius 3 is 2.78 bits per heavy atom. The predicted octanol–water partition coefficient (Wildman–Crippen LogP) is 3.67. The molecule has 0 aliphatic heterocycles. The number of benzene rings is 2. The van der Waals surface area contributed by atoms with Crippen LogP contribution in [0, 0.1) is 12.7 Å². The van der Waals surface area contributed by atoms with Crippen LogP contribution in [0.1, 0.15) is 11.1 Å². The minimum Gasteiger partial charge on any atom is -0.364 e. The van der Waals surface area contributed by atoms with Crippen LogP contribution in [-0.2, 0) is 6.54 Å². The number of anilines is 3. The molecule has 116 valence electrons. The average molecular weight is 309 g/mol. The summed E-state index contributed by atoms with van der Waals surface area (Å²) in [5, 5.41) is 14.0. The minimum absolute atomic E-state index is 0.250. The molecule has 1 aromatic heterocycles. The van der Waals surface area contributed by atoms with E-state index in [1.165, 1.54) is 12.3 Å². The molecule has 0 fully saturated rings. The van der Waals surface area contributed by atoms with Crippen molar-refractivity contribution in [2.24, 2.45) is 0 Å². The molecule has 0 saturated heterocycles. The van der Waals surface area contributed by atoms with Crippen LogP contribution in [0.3, 0.4) is 0 Å². The molecule has 2 aromatic carbocycles. The van der Waals surface area contributed by atoms with Gasteiger partial charge in [0, 0.05) is 17.8 Å². The zero-order chi connectivity index (χ0) is 16.1. The second-order valence-corrected chi connectivity index (χ2v) is 5.10. The summed E-state index contributed by atoms with van der Waals surface area (Å²) >= 11 is 0. The number of halogens is 1. The molecule has 0 saturated carbocycles. The third-order valence-electron chi connectivity index (χ3n) is 3.25. The van der Waals surface area contributed by atoms with E-state index in [0.29, 0.717) is 23.9 Å². The fraction of sp³-hybridized carbons (Fsp3) is 0.118. The van der Waals surface area contributed by atoms with Crippen molar-refractivity contribution in [2.45, 2.75) is 13.5 Å². The topological polar surface area (TPSA) is 62.7 Å². The van der Waals surface area contributed by atoms with E-state index in [-0.39, 0.29) is 5.82 Å². The van der Waals surface area contributed by atoms with Gasteiger partial charge in [-0.3, -0.25) is 0 Å². The van der Waals surface area contributed by atoms with Gasteiger partial charge in [-0.1, -0.05) is 30.3 Å². The molecule has 5 nitrogen and oxygen atoms in total. The van der Waals surface area contributed by atoms with Gasteiger partial charge in [0.25, 0.3) is 0 Å². The van der Waals surface area contributed by atoms with Crippen LogP contribution in [0.15, 0.2) is 54.7 Å². The van der Waals surface area contributed by atoms with Crippen molar-refractivity contribution in [1.82, 2.24) is 15.2 Å². The van der Waals surface area contributed by atoms with E-state index in [9.17, 15) is 4.39 Å². The van der Waals surface area contributed by atoms with E-state index in [1.54, 1.807) is 18.2 Å². The maximum atomic E-state index is 13.6. The summed E-state index contributed by atoms with van der Waals surface area (Å²) in [5.74, 6) is 0.660. The summed E-state index contributed by atoms with van der Waals surface area (Å²) in [4.78, 5) is 4.32. The highest BCUT2D eigenvalue weighted by Crippen LogP contribution is 2.15. The van der Waals surface area contributed by atoms with Gasteiger partial charge in [0.1, 0.15) is 5.82 Å². The SMILES string of the molecule is Cc1cccc(Nc2nncc(NCc3ccccc3F)n2)c1. The molecular weight excluding hydrogens is 293 g/mol. The normalized spacial score (nSPS) is 10.3. The molecule has 3 rings (SSSR count). The average Bonchev–Trinajstić information content (AvgIpc) is 2.54. The van der Waals surface area contributed by atoms with Crippen LogP contribution in [0.4, 0.5) is 21.8 Å². The van der Waals surface area contributed by atoms with E-state index in [0.717, 1.165) is 11.3 Å². The molecule has 0 aliphatic rings. The van der Waals surface area contributed by atoms with Crippen molar-refractivity contribution in [3.8, 4) is 0 Å². The van der Waals surface area contributed by atoms with Gasteiger partial charge in [-0.2, -0.15) is 10.1 Å². The summed E-state index contributed by atoms with van der Waals surface area (Å²) in [6.07, 6.45) is 1.50.